The van der Waals surface area contributed by atoms with E-state index in [4.69, 9.17) is 0 Å². The summed E-state index contributed by atoms with van der Waals surface area (Å²) >= 11 is 0. The summed E-state index contributed by atoms with van der Waals surface area (Å²) < 4.78 is 0. The minimum atomic E-state index is 1.16. The summed E-state index contributed by atoms with van der Waals surface area (Å²) in [5, 5.41) is 5.43. The van der Waals surface area contributed by atoms with E-state index in [2.05, 4.69) is 72.8 Å². The van der Waals surface area contributed by atoms with Crippen molar-refractivity contribution in [1.82, 2.24) is 0 Å². The Kier molecular flexibility index (Phi) is 2.67. The van der Waals surface area contributed by atoms with Gasteiger partial charge in [-0.2, -0.15) is 0 Å². The molecule has 4 rings (SSSR count). The van der Waals surface area contributed by atoms with Crippen LogP contribution in [0, 0.1) is 0 Å². The van der Waals surface area contributed by atoms with E-state index in [1.807, 2.05) is 0 Å². The standard InChI is InChI=1S/C20H16/c1-2-6-15(7-3-1)18-10-11-19-12-16-8-4-5-9-17(16)13-20(19)14-18/h1-3,6-14H,4-5H2. The lowest BCUT2D eigenvalue weighted by molar-refractivity contribution is 1.12. The second kappa shape index (κ2) is 4.64. The third-order valence-electron chi connectivity index (χ3n) is 4.04. The van der Waals surface area contributed by atoms with Gasteiger partial charge in [0, 0.05) is 0 Å². The van der Waals surface area contributed by atoms with Gasteiger partial charge in [0.1, 0.15) is 0 Å². The highest BCUT2D eigenvalue weighted by Gasteiger charge is 2.01. The van der Waals surface area contributed by atoms with Crippen LogP contribution in [0.5, 0.6) is 0 Å². The van der Waals surface area contributed by atoms with Crippen LogP contribution in [0.4, 0.5) is 0 Å². The van der Waals surface area contributed by atoms with E-state index in [1.165, 1.54) is 38.8 Å². The maximum atomic E-state index is 2.35. The molecular weight excluding hydrogens is 240 g/mol. The molecule has 0 unspecified atom stereocenters. The van der Waals surface area contributed by atoms with Gasteiger partial charge in [-0.3, -0.25) is 0 Å². The number of benzene rings is 3. The minimum Gasteiger partial charge on any atom is -0.0763 e. The Bertz CT molecular complexity index is 886. The third-order valence-corrected chi connectivity index (χ3v) is 4.04. The van der Waals surface area contributed by atoms with Gasteiger partial charge in [0.05, 0.1) is 0 Å². The minimum absolute atomic E-state index is 1.16. The highest BCUT2D eigenvalue weighted by atomic mass is 14.1. The lowest BCUT2D eigenvalue weighted by Crippen LogP contribution is -2.26. The average molecular weight is 256 g/mol. The van der Waals surface area contributed by atoms with Crippen molar-refractivity contribution in [3.05, 3.63) is 71.1 Å². The molecule has 3 aromatic carbocycles. The quantitative estimate of drug-likeness (QED) is 0.620. The van der Waals surface area contributed by atoms with Crippen LogP contribution >= 0.6 is 0 Å². The van der Waals surface area contributed by atoms with Gasteiger partial charge in [0.2, 0.25) is 0 Å². The Morgan fingerprint density at radius 3 is 2.00 bits per heavy atom. The van der Waals surface area contributed by atoms with Crippen molar-refractivity contribution >= 4 is 22.9 Å². The topological polar surface area (TPSA) is 0 Å². The molecule has 0 saturated heterocycles. The molecule has 0 atom stereocenters. The van der Waals surface area contributed by atoms with Crippen molar-refractivity contribution < 1.29 is 0 Å². The van der Waals surface area contributed by atoms with Crippen molar-refractivity contribution in [3.63, 3.8) is 0 Å². The maximum absolute atomic E-state index is 2.35. The van der Waals surface area contributed by atoms with E-state index in [-0.39, 0.29) is 0 Å². The van der Waals surface area contributed by atoms with E-state index in [1.54, 1.807) is 0 Å². The highest BCUT2D eigenvalue weighted by Crippen LogP contribution is 2.23. The molecule has 0 fully saturated rings. The van der Waals surface area contributed by atoms with E-state index in [0.29, 0.717) is 0 Å². The van der Waals surface area contributed by atoms with Gasteiger partial charge in [-0.1, -0.05) is 54.6 Å². The fourth-order valence-corrected chi connectivity index (χ4v) is 2.97. The molecular formula is C20H16. The smallest absolute Gasteiger partial charge is 0.0172 e. The Balaban J connectivity index is 1.96. The zero-order chi connectivity index (χ0) is 13.4. The lowest BCUT2D eigenvalue weighted by atomic mass is 9.98. The first-order valence-corrected chi connectivity index (χ1v) is 7.20. The third kappa shape index (κ3) is 1.94. The largest absolute Gasteiger partial charge is 0.0763 e. The molecule has 0 N–H and O–H groups in total. The summed E-state index contributed by atoms with van der Waals surface area (Å²) in [5.41, 5.74) is 2.57. The molecule has 0 heterocycles. The van der Waals surface area contributed by atoms with Gasteiger partial charge in [-0.15, -0.1) is 0 Å². The molecule has 0 aliphatic heterocycles. The molecule has 20 heavy (non-hydrogen) atoms. The molecule has 0 bridgehead atoms. The summed E-state index contributed by atoms with van der Waals surface area (Å²) in [6.45, 7) is 0. The first-order chi connectivity index (χ1) is 9.90. The molecule has 0 spiro atoms. The Morgan fingerprint density at radius 2 is 1.25 bits per heavy atom. The number of rotatable bonds is 1. The fraction of sp³-hybridized carbons (Fsp3) is 0.100. The molecule has 1 aliphatic carbocycles. The predicted octanol–water partition coefficient (Wildman–Crippen LogP) is 3.86. The summed E-state index contributed by atoms with van der Waals surface area (Å²) in [6.07, 6.45) is 7.03. The highest BCUT2D eigenvalue weighted by molar-refractivity contribution is 5.87. The number of hydrogen-bond acceptors (Lipinski definition) is 0. The van der Waals surface area contributed by atoms with Crippen LogP contribution < -0.4 is 10.4 Å². The first kappa shape index (κ1) is 11.5. The van der Waals surface area contributed by atoms with Crippen molar-refractivity contribution in [3.8, 4) is 11.1 Å². The Labute approximate surface area is 118 Å². The van der Waals surface area contributed by atoms with Crippen molar-refractivity contribution in [1.29, 1.82) is 0 Å². The fourth-order valence-electron chi connectivity index (χ4n) is 2.97. The monoisotopic (exact) mass is 256 g/mol. The molecule has 0 amide bonds. The van der Waals surface area contributed by atoms with E-state index in [9.17, 15) is 0 Å². The second-order valence-corrected chi connectivity index (χ2v) is 5.39. The molecule has 3 aromatic rings. The van der Waals surface area contributed by atoms with Crippen LogP contribution in [-0.4, -0.2) is 0 Å². The molecule has 0 aromatic heterocycles. The first-order valence-electron chi connectivity index (χ1n) is 7.20. The van der Waals surface area contributed by atoms with Gasteiger partial charge in [0.25, 0.3) is 0 Å². The zero-order valence-corrected chi connectivity index (χ0v) is 11.3. The van der Waals surface area contributed by atoms with Crippen LogP contribution in [0.2, 0.25) is 0 Å². The van der Waals surface area contributed by atoms with Gasteiger partial charge in [-0.25, -0.2) is 0 Å². The Morgan fingerprint density at radius 1 is 0.550 bits per heavy atom. The Hall–Kier alpha value is -2.34. The molecule has 1 aliphatic rings. The normalized spacial score (nSPS) is 13.4. The van der Waals surface area contributed by atoms with Crippen molar-refractivity contribution in [2.24, 2.45) is 0 Å². The van der Waals surface area contributed by atoms with Crippen LogP contribution in [0.25, 0.3) is 34.1 Å². The lowest BCUT2D eigenvalue weighted by Gasteiger charge is -2.06. The summed E-state index contributed by atoms with van der Waals surface area (Å²) in [6, 6.07) is 22.0. The van der Waals surface area contributed by atoms with E-state index < -0.39 is 0 Å². The summed E-state index contributed by atoms with van der Waals surface area (Å²) in [7, 11) is 0. The summed E-state index contributed by atoms with van der Waals surface area (Å²) in [4.78, 5) is 0. The van der Waals surface area contributed by atoms with Gasteiger partial charge < -0.3 is 0 Å². The molecule has 96 valence electrons. The van der Waals surface area contributed by atoms with Gasteiger partial charge in [0.15, 0.2) is 0 Å². The van der Waals surface area contributed by atoms with E-state index in [0.717, 1.165) is 6.42 Å². The predicted molar refractivity (Wildman–Crippen MR) is 86.8 cm³/mol. The number of fused-ring (bicyclic) bond motifs is 2. The van der Waals surface area contributed by atoms with Crippen LogP contribution in [0.15, 0.2) is 60.7 Å². The maximum Gasteiger partial charge on any atom is -0.0172 e. The van der Waals surface area contributed by atoms with Gasteiger partial charge in [-0.05, 0) is 63.4 Å². The van der Waals surface area contributed by atoms with E-state index >= 15 is 0 Å². The van der Waals surface area contributed by atoms with Crippen LogP contribution in [-0.2, 0) is 0 Å². The van der Waals surface area contributed by atoms with Crippen LogP contribution in [0.3, 0.4) is 0 Å². The molecule has 0 radical (unpaired) electrons. The SMILES string of the molecule is C1=c2cc3ccc(-c4ccccc4)cc3cc2=CCC1. The number of hydrogen-bond donors (Lipinski definition) is 0. The molecule has 0 saturated carbocycles. The van der Waals surface area contributed by atoms with Gasteiger partial charge >= 0.3 is 0 Å². The average Bonchev–Trinajstić information content (AvgIpc) is 2.53. The summed E-state index contributed by atoms with van der Waals surface area (Å²) in [5.74, 6) is 0. The van der Waals surface area contributed by atoms with Crippen LogP contribution in [0.1, 0.15) is 12.8 Å². The molecule has 0 nitrogen and oxygen atoms in total. The molecule has 0 heteroatoms. The second-order valence-electron chi connectivity index (χ2n) is 5.39. The van der Waals surface area contributed by atoms with Crippen molar-refractivity contribution in [2.45, 2.75) is 12.8 Å². The van der Waals surface area contributed by atoms with Crippen molar-refractivity contribution in [2.75, 3.05) is 0 Å². The zero-order valence-electron chi connectivity index (χ0n) is 11.3.